The van der Waals surface area contributed by atoms with Crippen LogP contribution in [-0.4, -0.2) is 27.5 Å². The van der Waals surface area contributed by atoms with Crippen molar-refractivity contribution in [2.45, 2.75) is 51.8 Å². The molecule has 0 saturated heterocycles. The number of rotatable bonds is 6. The first-order chi connectivity index (χ1) is 9.06. The molecule has 0 aliphatic rings. The van der Waals surface area contributed by atoms with Gasteiger partial charge in [-0.2, -0.15) is 0 Å². The molecule has 0 N–H and O–H groups in total. The van der Waals surface area contributed by atoms with E-state index >= 15 is 0 Å². The number of aromatic nitrogens is 1. The lowest BCUT2D eigenvalue weighted by Crippen LogP contribution is -2.32. The average molecular weight is 280 g/mol. The van der Waals surface area contributed by atoms with Gasteiger partial charge in [0.1, 0.15) is 5.49 Å². The van der Waals surface area contributed by atoms with Crippen molar-refractivity contribution in [3.05, 3.63) is 29.9 Å². The van der Waals surface area contributed by atoms with Crippen LogP contribution >= 0.6 is 11.8 Å². The minimum Gasteiger partial charge on any atom is -0.273 e. The molecule has 19 heavy (non-hydrogen) atoms. The topological polar surface area (TPSA) is 34.4 Å². The van der Waals surface area contributed by atoms with Crippen molar-refractivity contribution in [2.24, 2.45) is 4.99 Å². The summed E-state index contributed by atoms with van der Waals surface area (Å²) in [6.45, 7) is 8.17. The first-order valence-corrected chi connectivity index (χ1v) is 7.98. The molecule has 0 radical (unpaired) electrons. The molecule has 1 aromatic heterocycles. The van der Waals surface area contributed by atoms with Gasteiger partial charge in [-0.1, -0.05) is 19.4 Å². The molecule has 0 aromatic carbocycles. The van der Waals surface area contributed by atoms with Crippen molar-refractivity contribution >= 4 is 17.7 Å². The minimum atomic E-state index is -0.0277. The number of carbonyl (C=O) groups is 1. The normalized spacial score (nSPS) is 13.8. The van der Waals surface area contributed by atoms with Crippen LogP contribution in [-0.2, 0) is 0 Å². The Morgan fingerprint density at radius 2 is 2.11 bits per heavy atom. The molecule has 0 saturated carbocycles. The summed E-state index contributed by atoms with van der Waals surface area (Å²) in [5.41, 5.74) is 0.741. The van der Waals surface area contributed by atoms with Gasteiger partial charge in [-0.25, -0.2) is 0 Å². The molecule has 0 spiro atoms. The van der Waals surface area contributed by atoms with Crippen molar-refractivity contribution in [3.8, 4) is 0 Å². The smallest absolute Gasteiger partial charge is 0.245 e. The van der Waals surface area contributed by atoms with Crippen LogP contribution in [0.5, 0.6) is 0 Å². The zero-order valence-electron chi connectivity index (χ0n) is 12.3. The maximum Gasteiger partial charge on any atom is 0.245 e. The Kier molecular flexibility index (Phi) is 6.92. The number of nitrogens with zero attached hydrogens (tertiary/aromatic N) is 2. The summed E-state index contributed by atoms with van der Waals surface area (Å²) in [6, 6.07) is 5.87. The van der Waals surface area contributed by atoms with Gasteiger partial charge < -0.3 is 0 Å². The van der Waals surface area contributed by atoms with Gasteiger partial charge in [-0.3, -0.25) is 14.4 Å². The molecule has 4 heteroatoms. The van der Waals surface area contributed by atoms with Crippen LogP contribution in [0.1, 0.15) is 45.3 Å². The molecule has 1 atom stereocenters. The number of unbranched alkanes of at least 4 members (excludes halogenated alkanes) is 1. The van der Waals surface area contributed by atoms with Crippen molar-refractivity contribution in [1.82, 2.24) is 4.57 Å². The SMILES string of the molecule is CCCCSC(C)C(=O)n1ccccc1=NC(C)C. The van der Waals surface area contributed by atoms with Crippen LogP contribution in [0.3, 0.4) is 0 Å². The molecule has 0 amide bonds. The van der Waals surface area contributed by atoms with E-state index in [1.165, 1.54) is 6.42 Å². The van der Waals surface area contributed by atoms with E-state index in [4.69, 9.17) is 0 Å². The fraction of sp³-hybridized carbons (Fsp3) is 0.600. The third-order valence-corrected chi connectivity index (χ3v) is 3.91. The third kappa shape index (κ3) is 5.23. The van der Waals surface area contributed by atoms with E-state index in [1.807, 2.05) is 39.0 Å². The summed E-state index contributed by atoms with van der Waals surface area (Å²) in [4.78, 5) is 16.9. The summed E-state index contributed by atoms with van der Waals surface area (Å²) < 4.78 is 1.67. The van der Waals surface area contributed by atoms with Gasteiger partial charge in [0, 0.05) is 12.2 Å². The highest BCUT2D eigenvalue weighted by molar-refractivity contribution is 8.00. The monoisotopic (exact) mass is 280 g/mol. The summed E-state index contributed by atoms with van der Waals surface area (Å²) in [6.07, 6.45) is 4.13. The zero-order chi connectivity index (χ0) is 14.3. The van der Waals surface area contributed by atoms with Gasteiger partial charge in [0.15, 0.2) is 0 Å². The van der Waals surface area contributed by atoms with E-state index in [-0.39, 0.29) is 17.2 Å². The lowest BCUT2D eigenvalue weighted by molar-refractivity contribution is 0.0909. The summed E-state index contributed by atoms with van der Waals surface area (Å²) in [5.74, 6) is 1.15. The number of hydrogen-bond donors (Lipinski definition) is 0. The Bertz CT molecular complexity index is 465. The Balaban J connectivity index is 2.87. The molecule has 0 fully saturated rings. The maximum absolute atomic E-state index is 12.4. The first kappa shape index (κ1) is 16.0. The van der Waals surface area contributed by atoms with Crippen LogP contribution in [0.25, 0.3) is 0 Å². The molecule has 1 aromatic rings. The third-order valence-electron chi connectivity index (χ3n) is 2.68. The highest BCUT2D eigenvalue weighted by Gasteiger charge is 2.15. The van der Waals surface area contributed by atoms with Gasteiger partial charge in [-0.15, -0.1) is 11.8 Å². The van der Waals surface area contributed by atoms with Crippen molar-refractivity contribution in [3.63, 3.8) is 0 Å². The van der Waals surface area contributed by atoms with Gasteiger partial charge in [0.25, 0.3) is 0 Å². The predicted octanol–water partition coefficient (Wildman–Crippen LogP) is 3.36. The van der Waals surface area contributed by atoms with Gasteiger partial charge in [0.05, 0.1) is 5.25 Å². The lowest BCUT2D eigenvalue weighted by Gasteiger charge is -2.13. The largest absolute Gasteiger partial charge is 0.273 e. The van der Waals surface area contributed by atoms with Gasteiger partial charge >= 0.3 is 0 Å². The van der Waals surface area contributed by atoms with E-state index in [9.17, 15) is 4.79 Å². The number of pyridine rings is 1. The highest BCUT2D eigenvalue weighted by atomic mass is 32.2. The quantitative estimate of drug-likeness (QED) is 0.749. The second-order valence-corrected chi connectivity index (χ2v) is 6.31. The summed E-state index contributed by atoms with van der Waals surface area (Å²) in [5, 5.41) is -0.0277. The maximum atomic E-state index is 12.4. The number of hydrogen-bond acceptors (Lipinski definition) is 3. The van der Waals surface area contributed by atoms with E-state index < -0.39 is 0 Å². The Morgan fingerprint density at radius 1 is 1.37 bits per heavy atom. The van der Waals surface area contributed by atoms with E-state index in [2.05, 4.69) is 11.9 Å². The molecule has 0 aliphatic heterocycles. The lowest BCUT2D eigenvalue weighted by atomic mass is 10.3. The second-order valence-electron chi connectivity index (χ2n) is 4.86. The molecular weight excluding hydrogens is 256 g/mol. The molecule has 3 nitrogen and oxygen atoms in total. The van der Waals surface area contributed by atoms with Crippen LogP contribution in [0.4, 0.5) is 0 Å². The summed E-state index contributed by atoms with van der Waals surface area (Å²) in [7, 11) is 0. The number of carbonyl (C=O) groups excluding carboxylic acids is 1. The molecule has 106 valence electrons. The summed E-state index contributed by atoms with van der Waals surface area (Å²) >= 11 is 1.72. The standard InChI is InChI=1S/C15H24N2OS/c1-5-6-11-19-13(4)15(18)17-10-8-7-9-14(17)16-12(2)3/h7-10,12-13H,5-6,11H2,1-4H3. The zero-order valence-corrected chi connectivity index (χ0v) is 13.1. The van der Waals surface area contributed by atoms with Gasteiger partial charge in [0.2, 0.25) is 5.91 Å². The molecule has 0 bridgehead atoms. The second kappa shape index (κ2) is 8.20. The fourth-order valence-corrected chi connectivity index (χ4v) is 2.73. The number of thioether (sulfide) groups is 1. The fourth-order valence-electron chi connectivity index (χ4n) is 1.66. The van der Waals surface area contributed by atoms with Crippen LogP contribution < -0.4 is 5.49 Å². The van der Waals surface area contributed by atoms with Crippen LogP contribution in [0.2, 0.25) is 0 Å². The Labute approximate surface area is 120 Å². The molecule has 1 rings (SSSR count). The van der Waals surface area contributed by atoms with Crippen molar-refractivity contribution in [1.29, 1.82) is 0 Å². The minimum absolute atomic E-state index is 0.0277. The van der Waals surface area contributed by atoms with Crippen molar-refractivity contribution < 1.29 is 4.79 Å². The first-order valence-electron chi connectivity index (χ1n) is 6.93. The highest BCUT2D eigenvalue weighted by Crippen LogP contribution is 2.14. The van der Waals surface area contributed by atoms with Crippen molar-refractivity contribution in [2.75, 3.05) is 5.75 Å². The molecular formula is C15H24N2OS. The van der Waals surface area contributed by atoms with E-state index in [0.717, 1.165) is 17.7 Å². The Morgan fingerprint density at radius 3 is 2.74 bits per heavy atom. The average Bonchev–Trinajstić information content (AvgIpc) is 2.38. The van der Waals surface area contributed by atoms with E-state index in [1.54, 1.807) is 22.5 Å². The van der Waals surface area contributed by atoms with Gasteiger partial charge in [-0.05, 0) is 45.1 Å². The Hall–Kier alpha value is -1.03. The predicted molar refractivity (Wildman–Crippen MR) is 82.6 cm³/mol. The van der Waals surface area contributed by atoms with Crippen LogP contribution in [0.15, 0.2) is 29.4 Å². The molecule has 1 unspecified atom stereocenters. The van der Waals surface area contributed by atoms with E-state index in [0.29, 0.717) is 0 Å². The van der Waals surface area contributed by atoms with Crippen LogP contribution in [0, 0.1) is 0 Å². The molecule has 1 heterocycles. The molecule has 0 aliphatic carbocycles.